The van der Waals surface area contributed by atoms with Gasteiger partial charge >= 0.3 is 0 Å². The third-order valence-corrected chi connectivity index (χ3v) is 8.49. The average molecular weight is 605 g/mol. The Morgan fingerprint density at radius 1 is 1.02 bits per heavy atom. The van der Waals surface area contributed by atoms with Crippen molar-refractivity contribution in [1.82, 2.24) is 30.4 Å². The number of tetrazole rings is 1. The minimum Gasteiger partial charge on any atom is -0.497 e. The van der Waals surface area contributed by atoms with E-state index in [1.165, 1.54) is 16.1 Å². The Balaban J connectivity index is 1.41. The first-order valence-corrected chi connectivity index (χ1v) is 15.1. The van der Waals surface area contributed by atoms with Gasteiger partial charge in [-0.1, -0.05) is 25.0 Å². The fraction of sp³-hybridized carbons (Fsp3) is 0.387. The van der Waals surface area contributed by atoms with Crippen molar-refractivity contribution in [3.05, 3.63) is 70.4 Å². The lowest BCUT2D eigenvalue weighted by atomic mass is 10.1. The van der Waals surface area contributed by atoms with Gasteiger partial charge in [0.05, 0.1) is 21.3 Å². The standard InChI is InChI=1S/C31H36N6O5S/c1-40-24-13-11-22(12-14-24)30-33-35-37(34-30)20-28(38)36(17-16-21-10-15-25(41-2)26(19-21)42-3)29(27-9-6-18-43-27)31(39)32-23-7-4-5-8-23/h6,9-15,18-19,23,29H,4-5,7-8,16-17,20H2,1-3H3,(H,32,39). The summed E-state index contributed by atoms with van der Waals surface area (Å²) in [6, 6.07) is 16.1. The third kappa shape index (κ3) is 7.31. The van der Waals surface area contributed by atoms with Crippen LogP contribution >= 0.6 is 11.3 Å². The molecule has 1 N–H and O–H groups in total. The highest BCUT2D eigenvalue weighted by atomic mass is 32.1. The number of nitrogens with one attached hydrogen (secondary N) is 1. The summed E-state index contributed by atoms with van der Waals surface area (Å²) >= 11 is 1.45. The van der Waals surface area contributed by atoms with Gasteiger partial charge in [-0.2, -0.15) is 4.80 Å². The Hall–Kier alpha value is -4.45. The van der Waals surface area contributed by atoms with Crippen molar-refractivity contribution >= 4 is 23.2 Å². The molecule has 2 aromatic heterocycles. The normalized spacial score (nSPS) is 13.8. The summed E-state index contributed by atoms with van der Waals surface area (Å²) in [5.41, 5.74) is 1.69. The highest BCUT2D eigenvalue weighted by Gasteiger charge is 2.34. The van der Waals surface area contributed by atoms with Crippen LogP contribution in [0.5, 0.6) is 17.2 Å². The SMILES string of the molecule is COc1ccc(-c2nnn(CC(=O)N(CCc3ccc(OC)c(OC)c3)C(C(=O)NC3CCCC3)c3cccs3)n2)cc1. The first-order valence-electron chi connectivity index (χ1n) is 14.3. The van der Waals surface area contributed by atoms with Crippen LogP contribution in [0.25, 0.3) is 11.4 Å². The quantitative estimate of drug-likeness (QED) is 0.240. The molecule has 1 atom stereocenters. The van der Waals surface area contributed by atoms with E-state index in [-0.39, 0.29) is 30.9 Å². The fourth-order valence-electron chi connectivity index (χ4n) is 5.28. The van der Waals surface area contributed by atoms with Crippen LogP contribution < -0.4 is 19.5 Å². The number of ether oxygens (including phenoxy) is 3. The van der Waals surface area contributed by atoms with Crippen molar-refractivity contribution < 1.29 is 23.8 Å². The molecular weight excluding hydrogens is 568 g/mol. The second-order valence-electron chi connectivity index (χ2n) is 10.3. The molecule has 1 fully saturated rings. The van der Waals surface area contributed by atoms with Gasteiger partial charge < -0.3 is 24.4 Å². The minimum absolute atomic E-state index is 0.113. The fourth-order valence-corrected chi connectivity index (χ4v) is 6.12. The second-order valence-corrected chi connectivity index (χ2v) is 11.3. The molecule has 11 nitrogen and oxygen atoms in total. The molecule has 0 aliphatic heterocycles. The van der Waals surface area contributed by atoms with Gasteiger partial charge in [0.2, 0.25) is 17.6 Å². The highest BCUT2D eigenvalue weighted by Crippen LogP contribution is 2.30. The lowest BCUT2D eigenvalue weighted by Crippen LogP contribution is -2.47. The molecule has 2 amide bonds. The van der Waals surface area contributed by atoms with E-state index in [1.807, 2.05) is 60.0 Å². The van der Waals surface area contributed by atoms with Gasteiger partial charge in [-0.3, -0.25) is 9.59 Å². The van der Waals surface area contributed by atoms with Crippen LogP contribution in [0, 0.1) is 0 Å². The molecular formula is C31H36N6O5S. The van der Waals surface area contributed by atoms with Crippen molar-refractivity contribution in [3.63, 3.8) is 0 Å². The number of methoxy groups -OCH3 is 3. The average Bonchev–Trinajstić information content (AvgIpc) is 3.83. The first-order chi connectivity index (χ1) is 21.0. The summed E-state index contributed by atoms with van der Waals surface area (Å²) in [6.07, 6.45) is 4.56. The van der Waals surface area contributed by atoms with E-state index in [0.29, 0.717) is 29.5 Å². The molecule has 43 heavy (non-hydrogen) atoms. The van der Waals surface area contributed by atoms with Crippen LogP contribution in [0.3, 0.4) is 0 Å². The summed E-state index contributed by atoms with van der Waals surface area (Å²) in [7, 11) is 4.78. The van der Waals surface area contributed by atoms with E-state index in [2.05, 4.69) is 20.7 Å². The van der Waals surface area contributed by atoms with Crippen LogP contribution in [0.4, 0.5) is 0 Å². The molecule has 1 unspecified atom stereocenters. The maximum atomic E-state index is 14.0. The molecule has 226 valence electrons. The minimum atomic E-state index is -0.794. The van der Waals surface area contributed by atoms with Crippen LogP contribution in [0.2, 0.25) is 0 Å². The Morgan fingerprint density at radius 3 is 2.47 bits per heavy atom. The van der Waals surface area contributed by atoms with Gasteiger partial charge in [-0.25, -0.2) is 0 Å². The van der Waals surface area contributed by atoms with Crippen LogP contribution in [0.1, 0.15) is 42.2 Å². The number of carbonyl (C=O) groups excluding carboxylic acids is 2. The van der Waals surface area contributed by atoms with E-state index in [0.717, 1.165) is 41.7 Å². The summed E-state index contributed by atoms with van der Waals surface area (Å²) in [4.78, 5) is 31.6. The molecule has 2 aromatic carbocycles. The Labute approximate surface area is 254 Å². The van der Waals surface area contributed by atoms with Gasteiger partial charge in [0.15, 0.2) is 11.5 Å². The van der Waals surface area contributed by atoms with E-state index < -0.39 is 6.04 Å². The predicted octanol–water partition coefficient (Wildman–Crippen LogP) is 4.30. The lowest BCUT2D eigenvalue weighted by Gasteiger charge is -2.31. The molecule has 5 rings (SSSR count). The Bertz CT molecular complexity index is 1500. The number of hydrogen-bond acceptors (Lipinski definition) is 9. The molecule has 1 aliphatic rings. The topological polar surface area (TPSA) is 121 Å². The van der Waals surface area contributed by atoms with E-state index in [9.17, 15) is 9.59 Å². The highest BCUT2D eigenvalue weighted by molar-refractivity contribution is 7.10. The second kappa shape index (κ2) is 14.1. The Kier molecular flexibility index (Phi) is 9.88. The van der Waals surface area contributed by atoms with Crippen molar-refractivity contribution in [2.75, 3.05) is 27.9 Å². The predicted molar refractivity (Wildman–Crippen MR) is 162 cm³/mol. The number of benzene rings is 2. The van der Waals surface area contributed by atoms with Crippen molar-refractivity contribution in [2.45, 2.75) is 50.7 Å². The van der Waals surface area contributed by atoms with Crippen LogP contribution in [-0.2, 0) is 22.6 Å². The zero-order valence-electron chi connectivity index (χ0n) is 24.6. The molecule has 1 saturated carbocycles. The molecule has 0 radical (unpaired) electrons. The Morgan fingerprint density at radius 2 is 1.79 bits per heavy atom. The maximum Gasteiger partial charge on any atom is 0.248 e. The van der Waals surface area contributed by atoms with Gasteiger partial charge in [0.25, 0.3) is 0 Å². The summed E-state index contributed by atoms with van der Waals surface area (Å²) in [5, 5.41) is 17.9. The molecule has 0 spiro atoms. The summed E-state index contributed by atoms with van der Waals surface area (Å²) < 4.78 is 16.1. The van der Waals surface area contributed by atoms with Gasteiger partial charge in [0, 0.05) is 23.0 Å². The van der Waals surface area contributed by atoms with Crippen LogP contribution in [0.15, 0.2) is 60.0 Å². The number of carbonyl (C=O) groups is 2. The molecule has 12 heteroatoms. The molecule has 4 aromatic rings. The number of thiophene rings is 1. The van der Waals surface area contributed by atoms with E-state index in [1.54, 1.807) is 26.2 Å². The number of nitrogens with zero attached hydrogens (tertiary/aromatic N) is 5. The van der Waals surface area contributed by atoms with Crippen LogP contribution in [-0.4, -0.2) is 70.8 Å². The summed E-state index contributed by atoms with van der Waals surface area (Å²) in [6.45, 7) is 0.114. The van der Waals surface area contributed by atoms with Crippen molar-refractivity contribution in [1.29, 1.82) is 0 Å². The van der Waals surface area contributed by atoms with Crippen molar-refractivity contribution in [2.24, 2.45) is 0 Å². The zero-order valence-corrected chi connectivity index (χ0v) is 25.4. The van der Waals surface area contributed by atoms with E-state index >= 15 is 0 Å². The molecule has 1 aliphatic carbocycles. The molecule has 0 bridgehead atoms. The number of aromatic nitrogens is 4. The summed E-state index contributed by atoms with van der Waals surface area (Å²) in [5.74, 6) is 1.86. The number of rotatable bonds is 13. The smallest absolute Gasteiger partial charge is 0.248 e. The van der Waals surface area contributed by atoms with E-state index in [4.69, 9.17) is 14.2 Å². The largest absolute Gasteiger partial charge is 0.497 e. The maximum absolute atomic E-state index is 14.0. The monoisotopic (exact) mass is 604 g/mol. The van der Waals surface area contributed by atoms with Gasteiger partial charge in [0.1, 0.15) is 18.3 Å². The molecule has 0 saturated heterocycles. The first kappa shape index (κ1) is 30.0. The van der Waals surface area contributed by atoms with Gasteiger partial charge in [-0.15, -0.1) is 21.5 Å². The molecule has 2 heterocycles. The third-order valence-electron chi connectivity index (χ3n) is 7.56. The van der Waals surface area contributed by atoms with Gasteiger partial charge in [-0.05, 0) is 77.9 Å². The number of amides is 2. The zero-order chi connectivity index (χ0) is 30.2. The number of hydrogen-bond donors (Lipinski definition) is 1. The lowest BCUT2D eigenvalue weighted by molar-refractivity contribution is -0.141. The van der Waals surface area contributed by atoms with Crippen molar-refractivity contribution in [3.8, 4) is 28.6 Å².